The largest absolute Gasteiger partial charge is 0.468 e. The number of aliphatic hydroxyl groups excluding tert-OH is 2. The number of hydrogen-bond donors (Lipinski definition) is 3. The fraction of sp³-hybridized carbons (Fsp3) is 0.412. The van der Waals surface area contributed by atoms with Crippen LogP contribution in [0, 0.1) is 0 Å². The van der Waals surface area contributed by atoms with Crippen molar-refractivity contribution >= 4 is 11.6 Å². The van der Waals surface area contributed by atoms with Crippen LogP contribution in [0.1, 0.15) is 23.8 Å². The van der Waals surface area contributed by atoms with Crippen molar-refractivity contribution in [2.75, 3.05) is 19.8 Å². The normalized spacial score (nSPS) is 13.9. The summed E-state index contributed by atoms with van der Waals surface area (Å²) in [4.78, 5) is 0. The third-order valence-electron chi connectivity index (χ3n) is 3.40. The minimum absolute atomic E-state index is 0.0432. The Kier molecular flexibility index (Phi) is 7.58. The van der Waals surface area contributed by atoms with E-state index in [2.05, 4.69) is 5.32 Å². The van der Waals surface area contributed by atoms with Gasteiger partial charge < -0.3 is 24.7 Å². The molecular weight excluding hydrogens is 318 g/mol. The second-order valence-corrected chi connectivity index (χ2v) is 5.72. The Morgan fingerprint density at radius 1 is 1.22 bits per heavy atom. The van der Waals surface area contributed by atoms with Gasteiger partial charge in [-0.2, -0.15) is 0 Å². The molecule has 0 bridgehead atoms. The van der Waals surface area contributed by atoms with E-state index < -0.39 is 6.10 Å². The zero-order valence-electron chi connectivity index (χ0n) is 12.8. The number of rotatable bonds is 10. The molecule has 2 unspecified atom stereocenters. The van der Waals surface area contributed by atoms with Gasteiger partial charge in [0.1, 0.15) is 5.76 Å². The van der Waals surface area contributed by atoms with Gasteiger partial charge in [-0.15, -0.1) is 0 Å². The van der Waals surface area contributed by atoms with Gasteiger partial charge in [-0.3, -0.25) is 0 Å². The van der Waals surface area contributed by atoms with Crippen LogP contribution in [-0.2, 0) is 11.3 Å². The Bertz CT molecular complexity index is 544. The van der Waals surface area contributed by atoms with Crippen molar-refractivity contribution in [2.45, 2.75) is 25.2 Å². The molecule has 2 atom stereocenters. The fourth-order valence-electron chi connectivity index (χ4n) is 2.19. The first-order valence-electron chi connectivity index (χ1n) is 7.57. The molecule has 0 aliphatic rings. The van der Waals surface area contributed by atoms with Gasteiger partial charge in [0, 0.05) is 18.2 Å². The van der Waals surface area contributed by atoms with Crippen molar-refractivity contribution in [1.82, 2.24) is 5.32 Å². The first-order valence-corrected chi connectivity index (χ1v) is 7.94. The Balaban J connectivity index is 1.69. The van der Waals surface area contributed by atoms with Crippen LogP contribution in [0.15, 0.2) is 47.1 Å². The number of ether oxygens (including phenoxy) is 1. The summed E-state index contributed by atoms with van der Waals surface area (Å²) >= 11 is 5.82. The summed E-state index contributed by atoms with van der Waals surface area (Å²) in [6, 6.07) is 10.9. The summed E-state index contributed by atoms with van der Waals surface area (Å²) in [5.41, 5.74) is 1.00. The van der Waals surface area contributed by atoms with Crippen LogP contribution < -0.4 is 5.32 Å². The maximum absolute atomic E-state index is 9.98. The van der Waals surface area contributed by atoms with Crippen molar-refractivity contribution in [3.8, 4) is 0 Å². The highest BCUT2D eigenvalue weighted by molar-refractivity contribution is 6.30. The van der Waals surface area contributed by atoms with Crippen LogP contribution in [0.2, 0.25) is 5.02 Å². The summed E-state index contributed by atoms with van der Waals surface area (Å²) in [5, 5.41) is 23.0. The van der Waals surface area contributed by atoms with Gasteiger partial charge in [-0.05, 0) is 36.2 Å². The van der Waals surface area contributed by atoms with Crippen molar-refractivity contribution < 1.29 is 19.4 Å². The number of benzene rings is 1. The highest BCUT2D eigenvalue weighted by Gasteiger charge is 2.15. The molecule has 0 fully saturated rings. The molecule has 2 aromatic rings. The predicted octanol–water partition coefficient (Wildman–Crippen LogP) is 2.52. The zero-order chi connectivity index (χ0) is 16.5. The lowest BCUT2D eigenvalue weighted by Gasteiger charge is -2.18. The van der Waals surface area contributed by atoms with Crippen molar-refractivity contribution in [3.05, 3.63) is 59.0 Å². The van der Waals surface area contributed by atoms with E-state index in [1.807, 2.05) is 18.2 Å². The average Bonchev–Trinajstić information content (AvgIpc) is 3.07. The third-order valence-corrected chi connectivity index (χ3v) is 3.65. The molecule has 0 amide bonds. The van der Waals surface area contributed by atoms with Gasteiger partial charge >= 0.3 is 0 Å². The Morgan fingerprint density at radius 2 is 2.00 bits per heavy atom. The summed E-state index contributed by atoms with van der Waals surface area (Å²) in [7, 11) is 0. The van der Waals surface area contributed by atoms with E-state index in [-0.39, 0.29) is 19.3 Å². The van der Waals surface area contributed by atoms with Crippen molar-refractivity contribution in [1.29, 1.82) is 0 Å². The molecule has 0 spiro atoms. The lowest BCUT2D eigenvalue weighted by molar-refractivity contribution is 0.0268. The van der Waals surface area contributed by atoms with Crippen LogP contribution >= 0.6 is 11.6 Å². The second-order valence-electron chi connectivity index (χ2n) is 5.28. The van der Waals surface area contributed by atoms with E-state index in [4.69, 9.17) is 25.9 Å². The summed E-state index contributed by atoms with van der Waals surface area (Å²) in [5.74, 6) is 0.744. The van der Waals surface area contributed by atoms with Gasteiger partial charge in [0.2, 0.25) is 0 Å². The van der Waals surface area contributed by atoms with E-state index in [0.29, 0.717) is 24.6 Å². The summed E-state index contributed by atoms with van der Waals surface area (Å²) in [6.07, 6.45) is 1.47. The van der Waals surface area contributed by atoms with E-state index in [9.17, 15) is 5.11 Å². The summed E-state index contributed by atoms with van der Waals surface area (Å²) in [6.45, 7) is 1.04. The first kappa shape index (κ1) is 18.0. The number of nitrogens with one attached hydrogen (secondary N) is 1. The molecular formula is C17H22ClNO4. The first-order chi connectivity index (χ1) is 11.2. The summed E-state index contributed by atoms with van der Waals surface area (Å²) < 4.78 is 10.8. The molecule has 126 valence electrons. The monoisotopic (exact) mass is 339 g/mol. The number of aliphatic hydroxyl groups is 2. The second kappa shape index (κ2) is 9.70. The molecule has 0 radical (unpaired) electrons. The van der Waals surface area contributed by atoms with E-state index in [1.165, 1.54) is 0 Å². The molecule has 1 aromatic heterocycles. The molecule has 23 heavy (non-hydrogen) atoms. The van der Waals surface area contributed by atoms with Crippen LogP contribution in [-0.4, -0.2) is 36.1 Å². The van der Waals surface area contributed by atoms with E-state index in [1.54, 1.807) is 24.5 Å². The van der Waals surface area contributed by atoms with Gasteiger partial charge in [0.25, 0.3) is 0 Å². The average molecular weight is 340 g/mol. The van der Waals surface area contributed by atoms with E-state index in [0.717, 1.165) is 11.3 Å². The highest BCUT2D eigenvalue weighted by atomic mass is 35.5. The van der Waals surface area contributed by atoms with Crippen LogP contribution in [0.4, 0.5) is 0 Å². The lowest BCUT2D eigenvalue weighted by atomic mass is 10.1. The van der Waals surface area contributed by atoms with Crippen molar-refractivity contribution in [2.24, 2.45) is 0 Å². The van der Waals surface area contributed by atoms with Crippen LogP contribution in [0.25, 0.3) is 0 Å². The quantitative estimate of drug-likeness (QED) is 0.620. The molecule has 3 N–H and O–H groups in total. The maximum Gasteiger partial charge on any atom is 0.120 e. The van der Waals surface area contributed by atoms with Crippen LogP contribution in [0.5, 0.6) is 0 Å². The van der Waals surface area contributed by atoms with Gasteiger partial charge in [-0.1, -0.05) is 23.7 Å². The molecule has 1 aromatic carbocycles. The van der Waals surface area contributed by atoms with Gasteiger partial charge in [-0.25, -0.2) is 0 Å². The van der Waals surface area contributed by atoms with Crippen LogP contribution in [0.3, 0.4) is 0 Å². The molecule has 6 heteroatoms. The maximum atomic E-state index is 9.98. The zero-order valence-corrected chi connectivity index (χ0v) is 13.6. The highest BCUT2D eigenvalue weighted by Crippen LogP contribution is 2.16. The van der Waals surface area contributed by atoms with Gasteiger partial charge in [0.05, 0.1) is 31.6 Å². The van der Waals surface area contributed by atoms with E-state index >= 15 is 0 Å². The SMILES string of the molecule is OCCC(NCC(O)COCc1ccc(Cl)cc1)c1ccco1. The molecule has 0 aliphatic carbocycles. The minimum Gasteiger partial charge on any atom is -0.468 e. The Hall–Kier alpha value is -1.37. The molecule has 5 nitrogen and oxygen atoms in total. The Labute approximate surface area is 140 Å². The standard InChI is InChI=1S/C17H22ClNO4/c18-14-5-3-13(4-6-14)11-22-12-15(21)10-19-16(7-8-20)17-2-1-9-23-17/h1-6,9,15-16,19-21H,7-8,10-12H2. The minimum atomic E-state index is -0.640. The van der Waals surface area contributed by atoms with Gasteiger partial charge in [0.15, 0.2) is 0 Å². The third kappa shape index (κ3) is 6.33. The lowest BCUT2D eigenvalue weighted by Crippen LogP contribution is -2.33. The molecule has 0 saturated carbocycles. The smallest absolute Gasteiger partial charge is 0.120 e. The number of halogens is 1. The topological polar surface area (TPSA) is 74.9 Å². The predicted molar refractivity (Wildman–Crippen MR) is 88.3 cm³/mol. The molecule has 2 rings (SSSR count). The molecule has 1 heterocycles. The molecule has 0 saturated heterocycles. The molecule has 0 aliphatic heterocycles. The number of hydrogen-bond acceptors (Lipinski definition) is 5. The van der Waals surface area contributed by atoms with Crippen molar-refractivity contribution in [3.63, 3.8) is 0 Å². The fourth-order valence-corrected chi connectivity index (χ4v) is 2.32. The Morgan fingerprint density at radius 3 is 2.65 bits per heavy atom. The number of furan rings is 1.